The van der Waals surface area contributed by atoms with Gasteiger partial charge in [0.1, 0.15) is 5.69 Å². The van der Waals surface area contributed by atoms with Crippen molar-refractivity contribution < 1.29 is 4.79 Å². The minimum atomic E-state index is 0.00733. The van der Waals surface area contributed by atoms with E-state index in [4.69, 9.17) is 0 Å². The van der Waals surface area contributed by atoms with Crippen molar-refractivity contribution in [1.82, 2.24) is 29.3 Å². The van der Waals surface area contributed by atoms with Crippen LogP contribution in [0.1, 0.15) is 42.2 Å². The van der Waals surface area contributed by atoms with Gasteiger partial charge in [0.2, 0.25) is 0 Å². The van der Waals surface area contributed by atoms with E-state index in [9.17, 15) is 9.59 Å². The number of imidazole rings is 1. The number of carbonyl (C=O) groups excluding carboxylic acids is 1. The average Bonchev–Trinajstić information content (AvgIpc) is 3.50. The second-order valence-electron chi connectivity index (χ2n) is 9.53. The average molecular weight is 433 g/mol. The first-order chi connectivity index (χ1) is 15.7. The number of hydrogen-bond acceptors (Lipinski definition) is 5. The molecule has 3 aliphatic rings. The fourth-order valence-corrected chi connectivity index (χ4v) is 6.25. The zero-order valence-corrected chi connectivity index (χ0v) is 18.1. The lowest BCUT2D eigenvalue weighted by molar-refractivity contribution is 0.0759. The Bertz CT molecular complexity index is 1170. The number of piperidine rings is 1. The zero-order chi connectivity index (χ0) is 21.7. The van der Waals surface area contributed by atoms with E-state index in [0.29, 0.717) is 23.6 Å². The summed E-state index contributed by atoms with van der Waals surface area (Å²) in [4.78, 5) is 41.1. The van der Waals surface area contributed by atoms with Crippen molar-refractivity contribution in [2.24, 2.45) is 11.8 Å². The van der Waals surface area contributed by atoms with Crippen LogP contribution in [0.25, 0.3) is 11.0 Å². The van der Waals surface area contributed by atoms with Crippen LogP contribution in [0.3, 0.4) is 0 Å². The summed E-state index contributed by atoms with van der Waals surface area (Å²) in [6, 6.07) is 8.82. The number of aromatic nitrogens is 4. The highest BCUT2D eigenvalue weighted by Gasteiger charge is 2.44. The molecular formula is C24H28N6O2. The van der Waals surface area contributed by atoms with Crippen molar-refractivity contribution in [2.45, 2.75) is 37.8 Å². The molecule has 8 heteroatoms. The molecule has 4 heterocycles. The number of hydrogen-bond donors (Lipinski definition) is 1. The summed E-state index contributed by atoms with van der Waals surface area (Å²) < 4.78 is 1.96. The fraction of sp³-hybridized carbons (Fsp3) is 0.500. The van der Waals surface area contributed by atoms with E-state index >= 15 is 0 Å². The number of benzene rings is 1. The zero-order valence-electron chi connectivity index (χ0n) is 18.1. The molecule has 1 amide bonds. The first-order valence-electron chi connectivity index (χ1n) is 11.7. The Kier molecular flexibility index (Phi) is 4.82. The van der Waals surface area contributed by atoms with E-state index in [2.05, 4.69) is 19.9 Å². The van der Waals surface area contributed by atoms with Crippen molar-refractivity contribution in [3.05, 3.63) is 59.0 Å². The monoisotopic (exact) mass is 432 g/mol. The molecule has 8 nitrogen and oxygen atoms in total. The Labute approximate surface area is 186 Å². The van der Waals surface area contributed by atoms with E-state index in [-0.39, 0.29) is 17.6 Å². The van der Waals surface area contributed by atoms with Crippen LogP contribution in [-0.2, 0) is 0 Å². The van der Waals surface area contributed by atoms with Crippen LogP contribution in [-0.4, -0.2) is 67.4 Å². The Morgan fingerprint density at radius 1 is 1.00 bits per heavy atom. The topological polar surface area (TPSA) is 87.1 Å². The van der Waals surface area contributed by atoms with Crippen LogP contribution < -0.4 is 5.69 Å². The van der Waals surface area contributed by atoms with Crippen molar-refractivity contribution in [3.63, 3.8) is 0 Å². The number of H-pyrrole nitrogens is 1. The third-order valence-corrected chi connectivity index (χ3v) is 7.80. The molecule has 0 unspecified atom stereocenters. The van der Waals surface area contributed by atoms with E-state index in [1.165, 1.54) is 0 Å². The minimum absolute atomic E-state index is 0.00733. The lowest BCUT2D eigenvalue weighted by Gasteiger charge is -2.37. The van der Waals surface area contributed by atoms with Gasteiger partial charge in [-0.05, 0) is 49.7 Å². The fourth-order valence-electron chi connectivity index (χ4n) is 6.25. The summed E-state index contributed by atoms with van der Waals surface area (Å²) in [5, 5.41) is 0. The standard InChI is InChI=1S/C24H28N6O2/c31-23(21-13-25-7-8-26-21)29-14-16-11-19(12-17(16)15-29)28-9-5-18(6-10-28)30-22-4-2-1-3-20(22)27-24(30)32/h1-4,7-8,13,16-19H,5-6,9-12,14-15H2,(H,27,32)/t16-,17+,19+. The molecule has 32 heavy (non-hydrogen) atoms. The molecule has 1 aromatic carbocycles. The number of aromatic amines is 1. The molecule has 0 spiro atoms. The van der Waals surface area contributed by atoms with Crippen molar-refractivity contribution >= 4 is 16.9 Å². The summed E-state index contributed by atoms with van der Waals surface area (Å²) >= 11 is 0. The van der Waals surface area contributed by atoms with Gasteiger partial charge in [-0.1, -0.05) is 12.1 Å². The number of nitrogens with zero attached hydrogens (tertiary/aromatic N) is 5. The molecular weight excluding hydrogens is 404 g/mol. The molecule has 3 fully saturated rings. The van der Waals surface area contributed by atoms with Gasteiger partial charge < -0.3 is 14.8 Å². The molecule has 1 N–H and O–H groups in total. The summed E-state index contributed by atoms with van der Waals surface area (Å²) in [5.74, 6) is 1.16. The first-order valence-corrected chi connectivity index (χ1v) is 11.7. The number of fused-ring (bicyclic) bond motifs is 2. The highest BCUT2D eigenvalue weighted by molar-refractivity contribution is 5.92. The Morgan fingerprint density at radius 2 is 1.75 bits per heavy atom. The van der Waals surface area contributed by atoms with Crippen molar-refractivity contribution in [2.75, 3.05) is 26.2 Å². The van der Waals surface area contributed by atoms with Crippen LogP contribution in [0.15, 0.2) is 47.7 Å². The molecule has 166 valence electrons. The highest BCUT2D eigenvalue weighted by Crippen LogP contribution is 2.41. The number of amides is 1. The third-order valence-electron chi connectivity index (χ3n) is 7.80. The molecule has 3 aromatic rings. The molecule has 2 aliphatic heterocycles. The lowest BCUT2D eigenvalue weighted by Crippen LogP contribution is -2.42. The number of para-hydroxylation sites is 2. The van der Waals surface area contributed by atoms with E-state index in [1.807, 2.05) is 33.7 Å². The van der Waals surface area contributed by atoms with Gasteiger partial charge in [0.05, 0.1) is 17.2 Å². The molecule has 1 saturated carbocycles. The molecule has 2 saturated heterocycles. The van der Waals surface area contributed by atoms with Crippen LogP contribution in [0, 0.1) is 11.8 Å². The predicted octanol–water partition coefficient (Wildman–Crippen LogP) is 2.31. The minimum Gasteiger partial charge on any atom is -0.337 e. The van der Waals surface area contributed by atoms with Gasteiger partial charge in [0.25, 0.3) is 5.91 Å². The van der Waals surface area contributed by atoms with E-state index in [0.717, 1.165) is 62.9 Å². The third kappa shape index (κ3) is 3.33. The van der Waals surface area contributed by atoms with Crippen LogP contribution in [0.2, 0.25) is 0 Å². The lowest BCUT2D eigenvalue weighted by atomic mass is 10.0. The van der Waals surface area contributed by atoms with Gasteiger partial charge in [-0.25, -0.2) is 9.78 Å². The molecule has 0 radical (unpaired) electrons. The maximum absolute atomic E-state index is 12.7. The second kappa shape index (κ2) is 7.85. The number of likely N-dealkylation sites (tertiary alicyclic amines) is 2. The smallest absolute Gasteiger partial charge is 0.326 e. The Balaban J connectivity index is 1.07. The van der Waals surface area contributed by atoms with E-state index in [1.54, 1.807) is 18.6 Å². The maximum Gasteiger partial charge on any atom is 0.326 e. The summed E-state index contributed by atoms with van der Waals surface area (Å²) in [5.41, 5.74) is 2.38. The molecule has 3 atom stereocenters. The van der Waals surface area contributed by atoms with Gasteiger partial charge in [-0.3, -0.25) is 14.3 Å². The predicted molar refractivity (Wildman–Crippen MR) is 120 cm³/mol. The summed E-state index contributed by atoms with van der Waals surface area (Å²) in [6.45, 7) is 3.72. The van der Waals surface area contributed by atoms with Crippen molar-refractivity contribution in [1.29, 1.82) is 0 Å². The van der Waals surface area contributed by atoms with Gasteiger partial charge in [0, 0.05) is 50.7 Å². The number of rotatable bonds is 3. The SMILES string of the molecule is O=C(c1cnccn1)N1C[C@H]2C[C@H](N3CCC(n4c(=O)[nH]c5ccccc54)CC3)C[C@H]2C1. The normalized spacial score (nSPS) is 26.6. The van der Waals surface area contributed by atoms with Gasteiger partial charge >= 0.3 is 5.69 Å². The Morgan fingerprint density at radius 3 is 2.47 bits per heavy atom. The van der Waals surface area contributed by atoms with Crippen LogP contribution in [0.4, 0.5) is 0 Å². The molecule has 6 rings (SSSR count). The Hall–Kier alpha value is -3.00. The van der Waals surface area contributed by atoms with Gasteiger partial charge in [-0.15, -0.1) is 0 Å². The van der Waals surface area contributed by atoms with Crippen LogP contribution >= 0.6 is 0 Å². The van der Waals surface area contributed by atoms with E-state index < -0.39 is 0 Å². The number of carbonyl (C=O) groups is 1. The largest absolute Gasteiger partial charge is 0.337 e. The summed E-state index contributed by atoms with van der Waals surface area (Å²) in [7, 11) is 0. The maximum atomic E-state index is 12.7. The quantitative estimate of drug-likeness (QED) is 0.686. The van der Waals surface area contributed by atoms with Crippen LogP contribution in [0.5, 0.6) is 0 Å². The second-order valence-corrected chi connectivity index (χ2v) is 9.53. The van der Waals surface area contributed by atoms with Crippen molar-refractivity contribution in [3.8, 4) is 0 Å². The van der Waals surface area contributed by atoms with Gasteiger partial charge in [-0.2, -0.15) is 0 Å². The first kappa shape index (κ1) is 19.7. The van der Waals surface area contributed by atoms with Gasteiger partial charge in [0.15, 0.2) is 0 Å². The molecule has 1 aliphatic carbocycles. The number of nitrogens with one attached hydrogen (secondary N) is 1. The highest BCUT2D eigenvalue weighted by atomic mass is 16.2. The summed E-state index contributed by atoms with van der Waals surface area (Å²) in [6.07, 6.45) is 9.06. The molecule has 2 aromatic heterocycles. The molecule has 0 bridgehead atoms.